The minimum Gasteiger partial charge on any atom is -0.336 e. The van der Waals surface area contributed by atoms with Crippen molar-refractivity contribution in [3.05, 3.63) is 65.5 Å². The Kier molecular flexibility index (Phi) is 3.46. The number of aromatic nitrogens is 4. The quantitative estimate of drug-likeness (QED) is 0.714. The Balaban J connectivity index is 1.70. The second-order valence-electron chi connectivity index (χ2n) is 7.43. The summed E-state index contributed by atoms with van der Waals surface area (Å²) in [5.74, 6) is 0.466. The minimum atomic E-state index is -0.858. The van der Waals surface area contributed by atoms with Crippen LogP contribution in [0.3, 0.4) is 0 Å². The number of nitrogens with one attached hydrogen (secondary N) is 2. The van der Waals surface area contributed by atoms with Gasteiger partial charge in [-0.25, -0.2) is 4.98 Å². The van der Waals surface area contributed by atoms with Crippen LogP contribution in [0, 0.1) is 6.92 Å². The highest BCUT2D eigenvalue weighted by atomic mass is 16.2. The summed E-state index contributed by atoms with van der Waals surface area (Å²) >= 11 is 0. The Morgan fingerprint density at radius 2 is 2.14 bits per heavy atom. The van der Waals surface area contributed by atoms with E-state index in [0.29, 0.717) is 30.0 Å². The molecule has 1 fully saturated rings. The number of carbonyl (C=O) groups is 2. The van der Waals surface area contributed by atoms with Gasteiger partial charge in [-0.1, -0.05) is 18.2 Å². The van der Waals surface area contributed by atoms with E-state index in [1.54, 1.807) is 17.3 Å². The molecule has 2 aliphatic rings. The fourth-order valence-corrected chi connectivity index (χ4v) is 4.63. The number of hydrogen-bond acceptors (Lipinski definition) is 4. The number of para-hydroxylation sites is 1. The lowest BCUT2D eigenvalue weighted by Gasteiger charge is -2.33. The summed E-state index contributed by atoms with van der Waals surface area (Å²) in [5.41, 5.74) is 2.10. The van der Waals surface area contributed by atoms with Gasteiger partial charge in [-0.3, -0.25) is 14.7 Å². The zero-order chi connectivity index (χ0) is 19.5. The molecule has 28 heavy (non-hydrogen) atoms. The van der Waals surface area contributed by atoms with Crippen molar-refractivity contribution in [2.24, 2.45) is 7.05 Å². The zero-order valence-corrected chi connectivity index (χ0v) is 15.6. The van der Waals surface area contributed by atoms with Gasteiger partial charge in [0.15, 0.2) is 0 Å². The smallest absolute Gasteiger partial charge is 0.257 e. The highest BCUT2D eigenvalue weighted by molar-refractivity contribution is 6.08. The van der Waals surface area contributed by atoms with Crippen molar-refractivity contribution in [2.75, 3.05) is 11.9 Å². The second kappa shape index (κ2) is 5.79. The minimum absolute atomic E-state index is 0.0825. The van der Waals surface area contributed by atoms with Crippen LogP contribution in [0.2, 0.25) is 0 Å². The summed E-state index contributed by atoms with van der Waals surface area (Å²) in [6.07, 6.45) is 5.62. The molecule has 2 unspecified atom stereocenters. The molecule has 1 spiro atoms. The molecule has 2 N–H and O–H groups in total. The van der Waals surface area contributed by atoms with E-state index in [1.807, 2.05) is 49.0 Å². The van der Waals surface area contributed by atoms with E-state index in [4.69, 9.17) is 0 Å². The Hall–Kier alpha value is -3.42. The van der Waals surface area contributed by atoms with Crippen LogP contribution in [-0.4, -0.2) is 43.0 Å². The molecule has 4 heterocycles. The third-order valence-electron chi connectivity index (χ3n) is 6.01. The molecule has 2 aromatic heterocycles. The van der Waals surface area contributed by atoms with Crippen LogP contribution >= 0.6 is 0 Å². The summed E-state index contributed by atoms with van der Waals surface area (Å²) in [6, 6.07) is 7.21. The Labute approximate surface area is 161 Å². The van der Waals surface area contributed by atoms with Gasteiger partial charge < -0.3 is 14.8 Å². The molecule has 5 rings (SSSR count). The Morgan fingerprint density at radius 3 is 2.86 bits per heavy atom. The summed E-state index contributed by atoms with van der Waals surface area (Å²) in [5, 5.41) is 9.82. The number of H-pyrrole nitrogens is 1. The van der Waals surface area contributed by atoms with Gasteiger partial charge in [0.2, 0.25) is 5.91 Å². The van der Waals surface area contributed by atoms with Crippen molar-refractivity contribution in [3.63, 3.8) is 0 Å². The summed E-state index contributed by atoms with van der Waals surface area (Å²) in [6.45, 7) is 2.28. The fourth-order valence-electron chi connectivity index (χ4n) is 4.63. The first-order chi connectivity index (χ1) is 13.5. The van der Waals surface area contributed by atoms with Gasteiger partial charge in [0, 0.05) is 37.4 Å². The number of rotatable bonds is 2. The molecule has 2 aliphatic heterocycles. The standard InChI is InChI=1S/C20H20N6O2/c1-12-13(11-22-24-12)18(27)26-9-7-20(16(26)17-21-8-10-25(17)2)14-5-3-4-6-15(14)23-19(20)28/h3-6,8,10-11,16H,7,9H2,1-2H3,(H,22,24)(H,23,28). The maximum atomic E-state index is 13.4. The molecule has 0 bridgehead atoms. The number of aromatic amines is 1. The SMILES string of the molecule is Cc1[nH]ncc1C(=O)N1CCC2(C(=O)Nc3ccccc32)C1c1nccn1C. The van der Waals surface area contributed by atoms with E-state index >= 15 is 0 Å². The van der Waals surface area contributed by atoms with Crippen LogP contribution in [-0.2, 0) is 17.3 Å². The first-order valence-electron chi connectivity index (χ1n) is 9.23. The molecule has 2 atom stereocenters. The molecule has 0 saturated carbocycles. The largest absolute Gasteiger partial charge is 0.336 e. The van der Waals surface area contributed by atoms with Gasteiger partial charge in [-0.15, -0.1) is 0 Å². The number of nitrogens with zero attached hydrogens (tertiary/aromatic N) is 4. The average molecular weight is 376 g/mol. The van der Waals surface area contributed by atoms with Crippen LogP contribution in [0.5, 0.6) is 0 Å². The van der Waals surface area contributed by atoms with Gasteiger partial charge in [0.1, 0.15) is 17.3 Å². The monoisotopic (exact) mass is 376 g/mol. The van der Waals surface area contributed by atoms with Crippen molar-refractivity contribution >= 4 is 17.5 Å². The van der Waals surface area contributed by atoms with E-state index in [-0.39, 0.29) is 11.8 Å². The zero-order valence-electron chi connectivity index (χ0n) is 15.6. The number of benzene rings is 1. The fraction of sp³-hybridized carbons (Fsp3) is 0.300. The molecule has 1 saturated heterocycles. The molecular formula is C20H20N6O2. The Morgan fingerprint density at radius 1 is 1.32 bits per heavy atom. The average Bonchev–Trinajstić information content (AvgIpc) is 3.43. The number of amides is 2. The lowest BCUT2D eigenvalue weighted by Crippen LogP contribution is -2.43. The molecule has 8 heteroatoms. The van der Waals surface area contributed by atoms with Crippen LogP contribution in [0.4, 0.5) is 5.69 Å². The van der Waals surface area contributed by atoms with E-state index in [1.165, 1.54) is 0 Å². The number of fused-ring (bicyclic) bond motifs is 2. The van der Waals surface area contributed by atoms with Gasteiger partial charge in [-0.2, -0.15) is 5.10 Å². The van der Waals surface area contributed by atoms with Crippen molar-refractivity contribution in [1.29, 1.82) is 0 Å². The van der Waals surface area contributed by atoms with Gasteiger partial charge in [0.05, 0.1) is 11.8 Å². The molecule has 1 aromatic carbocycles. The van der Waals surface area contributed by atoms with E-state index in [9.17, 15) is 9.59 Å². The first-order valence-corrected chi connectivity index (χ1v) is 9.23. The summed E-state index contributed by atoms with van der Waals surface area (Å²) in [7, 11) is 1.89. The van der Waals surface area contributed by atoms with Gasteiger partial charge in [0.25, 0.3) is 5.91 Å². The highest BCUT2D eigenvalue weighted by Crippen LogP contribution is 2.54. The predicted octanol–water partition coefficient (Wildman–Crippen LogP) is 1.93. The number of anilines is 1. The van der Waals surface area contributed by atoms with Crippen molar-refractivity contribution in [2.45, 2.75) is 24.8 Å². The number of aryl methyl sites for hydroxylation is 2. The van der Waals surface area contributed by atoms with Crippen LogP contribution in [0.15, 0.2) is 42.9 Å². The van der Waals surface area contributed by atoms with Crippen molar-refractivity contribution < 1.29 is 9.59 Å². The normalized spacial score (nSPS) is 23.3. The predicted molar refractivity (Wildman–Crippen MR) is 102 cm³/mol. The summed E-state index contributed by atoms with van der Waals surface area (Å²) in [4.78, 5) is 33.0. The first kappa shape index (κ1) is 16.7. The third kappa shape index (κ3) is 2.05. The van der Waals surface area contributed by atoms with E-state index in [0.717, 1.165) is 11.3 Å². The molecule has 3 aromatic rings. The van der Waals surface area contributed by atoms with Crippen LogP contribution < -0.4 is 5.32 Å². The summed E-state index contributed by atoms with van der Waals surface area (Å²) < 4.78 is 1.88. The molecule has 8 nitrogen and oxygen atoms in total. The Bertz CT molecular complexity index is 1100. The second-order valence-corrected chi connectivity index (χ2v) is 7.43. The lowest BCUT2D eigenvalue weighted by molar-refractivity contribution is -0.121. The highest BCUT2D eigenvalue weighted by Gasteiger charge is 2.60. The van der Waals surface area contributed by atoms with E-state index in [2.05, 4.69) is 20.5 Å². The maximum absolute atomic E-state index is 13.4. The molecule has 2 amide bonds. The molecule has 0 aliphatic carbocycles. The number of likely N-dealkylation sites (tertiary alicyclic amines) is 1. The number of carbonyl (C=O) groups excluding carboxylic acids is 2. The molecular weight excluding hydrogens is 356 g/mol. The topological polar surface area (TPSA) is 95.9 Å². The maximum Gasteiger partial charge on any atom is 0.257 e. The van der Waals surface area contributed by atoms with Crippen molar-refractivity contribution in [1.82, 2.24) is 24.6 Å². The van der Waals surface area contributed by atoms with Crippen LogP contribution in [0.1, 0.15) is 39.9 Å². The lowest BCUT2D eigenvalue weighted by atomic mass is 9.74. The number of imidazole rings is 1. The van der Waals surface area contributed by atoms with Gasteiger partial charge in [-0.05, 0) is 25.0 Å². The third-order valence-corrected chi connectivity index (χ3v) is 6.01. The van der Waals surface area contributed by atoms with Crippen LogP contribution in [0.25, 0.3) is 0 Å². The number of hydrogen-bond donors (Lipinski definition) is 2. The van der Waals surface area contributed by atoms with Gasteiger partial charge >= 0.3 is 0 Å². The van der Waals surface area contributed by atoms with Crippen molar-refractivity contribution in [3.8, 4) is 0 Å². The molecule has 0 radical (unpaired) electrons. The molecule has 142 valence electrons. The van der Waals surface area contributed by atoms with E-state index < -0.39 is 11.5 Å².